The molecule has 350 valence electrons. The summed E-state index contributed by atoms with van der Waals surface area (Å²) in [5, 5.41) is 0. The van der Waals surface area contributed by atoms with E-state index in [0.29, 0.717) is 26.2 Å². The fourth-order valence-corrected chi connectivity index (χ4v) is 11.2. The van der Waals surface area contributed by atoms with Crippen LogP contribution >= 0.6 is 0 Å². The second kappa shape index (κ2) is 21.9. The molecule has 0 spiro atoms. The molecule has 2 heterocycles. The van der Waals surface area contributed by atoms with Crippen LogP contribution in [0, 0.1) is 0 Å². The average Bonchev–Trinajstić information content (AvgIpc) is 3.70. The molecule has 0 radical (unpaired) electrons. The number of esters is 4. The highest BCUT2D eigenvalue weighted by atomic mass is 16.5. The van der Waals surface area contributed by atoms with E-state index in [1.807, 2.05) is 12.1 Å². The lowest BCUT2D eigenvalue weighted by Crippen LogP contribution is -2.61. The van der Waals surface area contributed by atoms with Crippen molar-refractivity contribution in [2.45, 2.75) is 186 Å². The molecule has 2 saturated heterocycles. The van der Waals surface area contributed by atoms with E-state index in [-0.39, 0.29) is 96.0 Å². The molecule has 3 aliphatic rings. The Morgan fingerprint density at radius 3 is 1.11 bits per heavy atom. The first kappa shape index (κ1) is 50.2. The first-order valence-corrected chi connectivity index (χ1v) is 23.4. The SMILES string of the molecule is COC(=O)CCN(CCC(=O)OC1CC(C)(C)N(Cc2ccccc2)C(C)(C)C1)C1CCC(N(CCC(=O)OC)CCC(=O)OC2CC(C)(C)N(Cc3ccccc3)C(C)(C)C2)C1. The molecule has 0 amide bonds. The molecule has 12 nitrogen and oxygen atoms in total. The Kier molecular flexibility index (Phi) is 17.4. The Labute approximate surface area is 378 Å². The minimum absolute atomic E-state index is 0.102. The van der Waals surface area contributed by atoms with Crippen molar-refractivity contribution >= 4 is 23.9 Å². The van der Waals surface area contributed by atoms with Crippen molar-refractivity contribution in [2.24, 2.45) is 0 Å². The second-order valence-electron chi connectivity index (χ2n) is 20.8. The molecule has 5 rings (SSSR count). The number of piperidine rings is 2. The minimum Gasteiger partial charge on any atom is -0.469 e. The van der Waals surface area contributed by atoms with Crippen molar-refractivity contribution < 1.29 is 38.1 Å². The van der Waals surface area contributed by atoms with Crippen molar-refractivity contribution in [1.29, 1.82) is 0 Å². The molecule has 2 aromatic rings. The van der Waals surface area contributed by atoms with Crippen LogP contribution in [-0.4, -0.2) is 130 Å². The number of rotatable bonds is 20. The highest BCUT2D eigenvalue weighted by Crippen LogP contribution is 2.42. The molecule has 12 heteroatoms. The largest absolute Gasteiger partial charge is 0.469 e. The molecule has 63 heavy (non-hydrogen) atoms. The van der Waals surface area contributed by atoms with E-state index in [1.54, 1.807) is 0 Å². The number of benzene rings is 2. The first-order chi connectivity index (χ1) is 29.7. The first-order valence-electron chi connectivity index (χ1n) is 23.4. The Hall–Kier alpha value is -3.84. The number of hydrogen-bond acceptors (Lipinski definition) is 12. The zero-order chi connectivity index (χ0) is 46.0. The van der Waals surface area contributed by atoms with Crippen LogP contribution in [-0.2, 0) is 51.2 Å². The molecule has 1 aliphatic carbocycles. The maximum absolute atomic E-state index is 13.6. The zero-order valence-electron chi connectivity index (χ0n) is 40.2. The molecule has 0 N–H and O–H groups in total. The summed E-state index contributed by atoms with van der Waals surface area (Å²) in [6.07, 6.45) is 5.90. The van der Waals surface area contributed by atoms with E-state index in [4.69, 9.17) is 18.9 Å². The smallest absolute Gasteiger partial charge is 0.307 e. The van der Waals surface area contributed by atoms with Gasteiger partial charge in [0.2, 0.25) is 0 Å². The number of carbonyl (C=O) groups is 4. The number of nitrogens with zero attached hydrogens (tertiary/aromatic N) is 4. The zero-order valence-corrected chi connectivity index (χ0v) is 40.2. The molecule has 0 aromatic heterocycles. The molecule has 2 aromatic carbocycles. The van der Waals surface area contributed by atoms with Gasteiger partial charge >= 0.3 is 23.9 Å². The fraction of sp³-hybridized carbons (Fsp3) is 0.686. The lowest BCUT2D eigenvalue weighted by molar-refractivity contribution is -0.162. The summed E-state index contributed by atoms with van der Waals surface area (Å²) in [4.78, 5) is 61.4. The van der Waals surface area contributed by atoms with Gasteiger partial charge in [-0.05, 0) is 85.8 Å². The van der Waals surface area contributed by atoms with Gasteiger partial charge in [0.05, 0.1) is 39.9 Å². The average molecular weight is 875 g/mol. The summed E-state index contributed by atoms with van der Waals surface area (Å²) >= 11 is 0. The Morgan fingerprint density at radius 2 is 0.810 bits per heavy atom. The van der Waals surface area contributed by atoms with E-state index < -0.39 is 0 Å². The van der Waals surface area contributed by atoms with Gasteiger partial charge in [0.25, 0.3) is 0 Å². The van der Waals surface area contributed by atoms with Gasteiger partial charge < -0.3 is 18.9 Å². The van der Waals surface area contributed by atoms with Crippen LogP contribution in [0.2, 0.25) is 0 Å². The summed E-state index contributed by atoms with van der Waals surface area (Å²) in [6, 6.07) is 21.2. The number of likely N-dealkylation sites (tertiary alicyclic amines) is 2. The van der Waals surface area contributed by atoms with Crippen molar-refractivity contribution in [3.63, 3.8) is 0 Å². The third-order valence-corrected chi connectivity index (χ3v) is 14.1. The maximum atomic E-state index is 13.6. The van der Waals surface area contributed by atoms with Gasteiger partial charge in [0.1, 0.15) is 12.2 Å². The van der Waals surface area contributed by atoms with Gasteiger partial charge in [-0.2, -0.15) is 0 Å². The van der Waals surface area contributed by atoms with E-state index in [0.717, 1.165) is 58.0 Å². The molecule has 2 unspecified atom stereocenters. The van der Waals surface area contributed by atoms with Gasteiger partial charge in [-0.3, -0.25) is 38.8 Å². The molecule has 0 bridgehead atoms. The van der Waals surface area contributed by atoms with Crippen LogP contribution in [0.25, 0.3) is 0 Å². The predicted molar refractivity (Wildman–Crippen MR) is 246 cm³/mol. The van der Waals surface area contributed by atoms with Crippen LogP contribution in [0.1, 0.15) is 137 Å². The normalized spacial score (nSPS) is 22.5. The lowest BCUT2D eigenvalue weighted by Gasteiger charge is -2.55. The van der Waals surface area contributed by atoms with Crippen LogP contribution in [0.5, 0.6) is 0 Å². The molecule has 1 saturated carbocycles. The molecular formula is C51H78N4O8. The van der Waals surface area contributed by atoms with E-state index >= 15 is 0 Å². The Morgan fingerprint density at radius 1 is 0.508 bits per heavy atom. The van der Waals surface area contributed by atoms with Crippen molar-refractivity contribution in [3.8, 4) is 0 Å². The standard InChI is InChI=1S/C51H78N4O8/c1-48(2)32-42(33-49(3,4)54(48)36-38-17-13-11-14-18-38)62-46(58)25-29-52(27-23-44(56)60-9)40-21-22-41(31-40)53(28-24-45(57)61-10)30-26-47(59)63-43-34-50(5,6)55(51(7,8)35-43)37-39-19-15-12-16-20-39/h11-20,40-43H,21-37H2,1-10H3. The quantitative estimate of drug-likeness (QED) is 0.0950. The third kappa shape index (κ3) is 14.3. The molecule has 2 atom stereocenters. The van der Waals surface area contributed by atoms with Gasteiger partial charge in [0.15, 0.2) is 0 Å². The number of methoxy groups -OCH3 is 2. The summed E-state index contributed by atoms with van der Waals surface area (Å²) in [7, 11) is 2.79. The van der Waals surface area contributed by atoms with Crippen LogP contribution in [0.15, 0.2) is 60.7 Å². The molecule has 3 fully saturated rings. The Bertz CT molecular complexity index is 1630. The Balaban J connectivity index is 1.17. The third-order valence-electron chi connectivity index (χ3n) is 14.1. The minimum atomic E-state index is -0.296. The van der Waals surface area contributed by atoms with Crippen LogP contribution < -0.4 is 0 Å². The van der Waals surface area contributed by atoms with Crippen LogP contribution in [0.3, 0.4) is 0 Å². The number of carbonyl (C=O) groups excluding carboxylic acids is 4. The predicted octanol–water partition coefficient (Wildman–Crippen LogP) is 7.95. The summed E-state index contributed by atoms with van der Waals surface area (Å²) in [6.45, 7) is 21.4. The van der Waals surface area contributed by atoms with Gasteiger partial charge in [-0.25, -0.2) is 0 Å². The van der Waals surface area contributed by atoms with E-state index in [9.17, 15) is 19.2 Å². The van der Waals surface area contributed by atoms with Gasteiger partial charge in [-0.1, -0.05) is 60.7 Å². The summed E-state index contributed by atoms with van der Waals surface area (Å²) in [5.74, 6) is -1.05. The summed E-state index contributed by atoms with van der Waals surface area (Å²) in [5.41, 5.74) is 1.80. The monoisotopic (exact) mass is 875 g/mol. The second-order valence-corrected chi connectivity index (χ2v) is 20.8. The van der Waals surface area contributed by atoms with Crippen molar-refractivity contribution in [2.75, 3.05) is 40.4 Å². The van der Waals surface area contributed by atoms with Gasteiger partial charge in [0, 0.05) is 99.2 Å². The topological polar surface area (TPSA) is 118 Å². The van der Waals surface area contributed by atoms with E-state index in [2.05, 4.69) is 124 Å². The lowest BCUT2D eigenvalue weighted by atomic mass is 9.77. The van der Waals surface area contributed by atoms with Gasteiger partial charge in [-0.15, -0.1) is 0 Å². The fourth-order valence-electron chi connectivity index (χ4n) is 11.2. The highest BCUT2D eigenvalue weighted by molar-refractivity contribution is 5.71. The molecular weight excluding hydrogens is 797 g/mol. The molecule has 2 aliphatic heterocycles. The number of ether oxygens (including phenoxy) is 4. The van der Waals surface area contributed by atoms with Crippen LogP contribution in [0.4, 0.5) is 0 Å². The number of hydrogen-bond donors (Lipinski definition) is 0. The van der Waals surface area contributed by atoms with E-state index in [1.165, 1.54) is 25.3 Å². The highest BCUT2D eigenvalue weighted by Gasteiger charge is 2.48. The van der Waals surface area contributed by atoms with Crippen molar-refractivity contribution in [1.82, 2.24) is 19.6 Å². The summed E-state index contributed by atoms with van der Waals surface area (Å²) < 4.78 is 22.4. The van der Waals surface area contributed by atoms with Crippen molar-refractivity contribution in [3.05, 3.63) is 71.8 Å². The maximum Gasteiger partial charge on any atom is 0.307 e.